The summed E-state index contributed by atoms with van der Waals surface area (Å²) < 4.78 is 23.6. The van der Waals surface area contributed by atoms with Crippen LogP contribution in [0.3, 0.4) is 0 Å². The second-order valence-electron chi connectivity index (χ2n) is 6.56. The summed E-state index contributed by atoms with van der Waals surface area (Å²) in [4.78, 5) is 12.3. The van der Waals surface area contributed by atoms with Crippen LogP contribution in [0.1, 0.15) is 17.2 Å². The molecule has 0 spiro atoms. The standard InChI is InChI=1S/C22H16ClFN4O3/c1-30-22(15(11-25)12-26)14-4-2-13(3-5-14)8-20(29)27-21-10-19(28-31-21)17-7-6-16(24)9-18(17)23/h2-7,9-10,15,22H,8H2,1H3,(H,27,29). The quantitative estimate of drug-likeness (QED) is 0.573. The number of carbonyl (C=O) groups excluding carboxylic acids is 1. The highest BCUT2D eigenvalue weighted by Crippen LogP contribution is 2.29. The number of aromatic nitrogens is 1. The third-order valence-corrected chi connectivity index (χ3v) is 4.80. The molecule has 9 heteroatoms. The van der Waals surface area contributed by atoms with E-state index in [2.05, 4.69) is 10.5 Å². The summed E-state index contributed by atoms with van der Waals surface area (Å²) in [5.41, 5.74) is 2.21. The Labute approximate surface area is 182 Å². The van der Waals surface area contributed by atoms with Crippen LogP contribution >= 0.6 is 11.6 Å². The van der Waals surface area contributed by atoms with Crippen molar-refractivity contribution in [2.75, 3.05) is 12.4 Å². The maximum atomic E-state index is 13.2. The Morgan fingerprint density at radius 3 is 2.55 bits per heavy atom. The van der Waals surface area contributed by atoms with Gasteiger partial charge in [0.15, 0.2) is 5.92 Å². The molecular formula is C22H16ClFN4O3. The maximum Gasteiger partial charge on any atom is 0.231 e. The molecule has 0 aliphatic heterocycles. The molecule has 3 rings (SSSR count). The molecule has 1 atom stereocenters. The number of nitrogens with zero attached hydrogens (tertiary/aromatic N) is 3. The fourth-order valence-corrected chi connectivity index (χ4v) is 3.24. The van der Waals surface area contributed by atoms with Gasteiger partial charge >= 0.3 is 0 Å². The van der Waals surface area contributed by atoms with E-state index in [1.54, 1.807) is 24.3 Å². The largest absolute Gasteiger partial charge is 0.374 e. The van der Waals surface area contributed by atoms with Crippen LogP contribution in [0.5, 0.6) is 0 Å². The number of carbonyl (C=O) groups is 1. The lowest BCUT2D eigenvalue weighted by Gasteiger charge is -2.16. The van der Waals surface area contributed by atoms with Crippen LogP contribution in [-0.4, -0.2) is 18.2 Å². The van der Waals surface area contributed by atoms with E-state index >= 15 is 0 Å². The third kappa shape index (κ3) is 5.26. The third-order valence-electron chi connectivity index (χ3n) is 4.49. The van der Waals surface area contributed by atoms with Crippen LogP contribution in [0.25, 0.3) is 11.3 Å². The summed E-state index contributed by atoms with van der Waals surface area (Å²) in [6.07, 6.45) is -0.616. The molecule has 1 heterocycles. The maximum absolute atomic E-state index is 13.2. The topological polar surface area (TPSA) is 112 Å². The van der Waals surface area contributed by atoms with E-state index < -0.39 is 17.8 Å². The van der Waals surface area contributed by atoms with Gasteiger partial charge in [-0.1, -0.05) is 41.0 Å². The summed E-state index contributed by atoms with van der Waals surface area (Å²) in [5, 5.41) is 24.7. The number of nitriles is 2. The summed E-state index contributed by atoms with van der Waals surface area (Å²) in [5.74, 6) is -1.61. The molecule has 0 saturated heterocycles. The molecule has 0 radical (unpaired) electrons. The first-order valence-electron chi connectivity index (χ1n) is 9.08. The van der Waals surface area contributed by atoms with Gasteiger partial charge < -0.3 is 9.26 Å². The Balaban J connectivity index is 1.64. The van der Waals surface area contributed by atoms with E-state index in [4.69, 9.17) is 31.4 Å². The van der Waals surface area contributed by atoms with Crippen molar-refractivity contribution >= 4 is 23.4 Å². The second-order valence-corrected chi connectivity index (χ2v) is 6.97. The van der Waals surface area contributed by atoms with Crippen molar-refractivity contribution in [1.82, 2.24) is 5.16 Å². The van der Waals surface area contributed by atoms with E-state index in [1.165, 1.54) is 25.3 Å². The molecule has 1 N–H and O–H groups in total. The van der Waals surface area contributed by atoms with Crippen LogP contribution < -0.4 is 5.32 Å². The first-order valence-corrected chi connectivity index (χ1v) is 9.45. The van der Waals surface area contributed by atoms with Gasteiger partial charge in [-0.05, 0) is 29.3 Å². The monoisotopic (exact) mass is 438 g/mol. The number of methoxy groups -OCH3 is 1. The number of rotatable bonds is 7. The number of hydrogen-bond donors (Lipinski definition) is 1. The lowest BCUT2D eigenvalue weighted by molar-refractivity contribution is -0.115. The van der Waals surface area contributed by atoms with E-state index in [0.717, 1.165) is 6.07 Å². The molecule has 3 aromatic rings. The van der Waals surface area contributed by atoms with E-state index in [1.807, 2.05) is 12.1 Å². The summed E-state index contributed by atoms with van der Waals surface area (Å²) >= 11 is 6.02. The number of ether oxygens (including phenoxy) is 1. The van der Waals surface area contributed by atoms with Gasteiger partial charge in [0.1, 0.15) is 17.6 Å². The first kappa shape index (κ1) is 22.0. The molecule has 0 saturated carbocycles. The van der Waals surface area contributed by atoms with Gasteiger partial charge in [0.05, 0.1) is 23.6 Å². The number of benzene rings is 2. The Kier molecular flexibility index (Phi) is 6.99. The number of hydrogen-bond acceptors (Lipinski definition) is 6. The molecule has 1 aromatic heterocycles. The fourth-order valence-electron chi connectivity index (χ4n) is 2.98. The normalized spacial score (nSPS) is 11.5. The van der Waals surface area contributed by atoms with Crippen molar-refractivity contribution in [2.24, 2.45) is 5.92 Å². The van der Waals surface area contributed by atoms with Crippen LogP contribution in [0.15, 0.2) is 53.1 Å². The number of amides is 1. The Morgan fingerprint density at radius 1 is 1.23 bits per heavy atom. The highest BCUT2D eigenvalue weighted by molar-refractivity contribution is 6.33. The molecule has 7 nitrogen and oxygen atoms in total. The number of anilines is 1. The fraction of sp³-hybridized carbons (Fsp3) is 0.182. The van der Waals surface area contributed by atoms with E-state index in [-0.39, 0.29) is 23.2 Å². The lowest BCUT2D eigenvalue weighted by Crippen LogP contribution is -2.14. The van der Waals surface area contributed by atoms with Crippen molar-refractivity contribution in [3.63, 3.8) is 0 Å². The van der Waals surface area contributed by atoms with Crippen molar-refractivity contribution in [3.8, 4) is 23.4 Å². The molecule has 0 aliphatic carbocycles. The van der Waals surface area contributed by atoms with Gasteiger partial charge in [0.25, 0.3) is 0 Å². The van der Waals surface area contributed by atoms with Gasteiger partial charge in [-0.15, -0.1) is 0 Å². The predicted molar refractivity (Wildman–Crippen MR) is 110 cm³/mol. The first-order chi connectivity index (χ1) is 14.9. The Bertz CT molecular complexity index is 1150. The zero-order chi connectivity index (χ0) is 22.4. The smallest absolute Gasteiger partial charge is 0.231 e. The zero-order valence-electron chi connectivity index (χ0n) is 16.3. The minimum absolute atomic E-state index is 0.0607. The molecule has 2 aromatic carbocycles. The van der Waals surface area contributed by atoms with Crippen molar-refractivity contribution < 1.29 is 18.4 Å². The average Bonchev–Trinajstić information content (AvgIpc) is 3.20. The summed E-state index contributed by atoms with van der Waals surface area (Å²) in [6, 6.07) is 16.0. The van der Waals surface area contributed by atoms with Crippen molar-refractivity contribution in [1.29, 1.82) is 10.5 Å². The van der Waals surface area contributed by atoms with Crippen molar-refractivity contribution in [2.45, 2.75) is 12.5 Å². The highest BCUT2D eigenvalue weighted by Gasteiger charge is 2.22. The van der Waals surface area contributed by atoms with Gasteiger partial charge in [-0.3, -0.25) is 10.1 Å². The molecule has 0 fully saturated rings. The zero-order valence-corrected chi connectivity index (χ0v) is 17.1. The van der Waals surface area contributed by atoms with E-state index in [0.29, 0.717) is 22.4 Å². The lowest BCUT2D eigenvalue weighted by atomic mass is 9.96. The minimum atomic E-state index is -0.936. The molecule has 1 amide bonds. The van der Waals surface area contributed by atoms with Crippen LogP contribution in [0.4, 0.5) is 10.3 Å². The highest BCUT2D eigenvalue weighted by atomic mass is 35.5. The SMILES string of the molecule is COC(c1ccc(CC(=O)Nc2cc(-c3ccc(F)cc3Cl)no2)cc1)C(C#N)C#N. The Hall–Kier alpha value is -3.72. The Morgan fingerprint density at radius 2 is 1.94 bits per heavy atom. The molecule has 1 unspecified atom stereocenters. The van der Waals surface area contributed by atoms with Gasteiger partial charge in [-0.2, -0.15) is 10.5 Å². The molecule has 156 valence electrons. The van der Waals surface area contributed by atoms with Gasteiger partial charge in [0.2, 0.25) is 11.8 Å². The van der Waals surface area contributed by atoms with Crippen LogP contribution in [-0.2, 0) is 16.0 Å². The second kappa shape index (κ2) is 9.86. The average molecular weight is 439 g/mol. The molecule has 0 bridgehead atoms. The summed E-state index contributed by atoms with van der Waals surface area (Å²) in [7, 11) is 1.43. The molecule has 31 heavy (non-hydrogen) atoms. The van der Waals surface area contributed by atoms with E-state index in [9.17, 15) is 9.18 Å². The minimum Gasteiger partial charge on any atom is -0.374 e. The number of nitrogens with one attached hydrogen (secondary N) is 1. The van der Waals surface area contributed by atoms with Gasteiger partial charge in [0, 0.05) is 18.7 Å². The molecular weight excluding hydrogens is 423 g/mol. The predicted octanol–water partition coefficient (Wildman–Crippen LogP) is 4.67. The van der Waals surface area contributed by atoms with Crippen LogP contribution in [0.2, 0.25) is 5.02 Å². The van der Waals surface area contributed by atoms with Crippen LogP contribution in [0, 0.1) is 34.4 Å². The van der Waals surface area contributed by atoms with Gasteiger partial charge in [-0.25, -0.2) is 4.39 Å². The van der Waals surface area contributed by atoms with Crippen molar-refractivity contribution in [3.05, 3.63) is 70.5 Å². The number of halogens is 2. The molecule has 0 aliphatic rings. The summed E-state index contributed by atoms with van der Waals surface area (Å²) in [6.45, 7) is 0.